The molecule has 0 spiro atoms. The van der Waals surface area contributed by atoms with Crippen LogP contribution in [-0.4, -0.2) is 23.4 Å². The van der Waals surface area contributed by atoms with E-state index in [9.17, 15) is 14.9 Å². The number of amides is 1. The van der Waals surface area contributed by atoms with Crippen LogP contribution >= 0.6 is 0 Å². The van der Waals surface area contributed by atoms with E-state index < -0.39 is 4.92 Å². The van der Waals surface area contributed by atoms with Crippen LogP contribution in [0.3, 0.4) is 0 Å². The molecule has 7 heteroatoms. The van der Waals surface area contributed by atoms with E-state index in [0.29, 0.717) is 12.2 Å². The van der Waals surface area contributed by atoms with Gasteiger partial charge in [-0.25, -0.2) is 0 Å². The van der Waals surface area contributed by atoms with Gasteiger partial charge in [0.15, 0.2) is 0 Å². The largest absolute Gasteiger partial charge is 0.326 e. The molecule has 3 N–H and O–H groups in total. The Morgan fingerprint density at radius 2 is 2.33 bits per heavy atom. The van der Waals surface area contributed by atoms with Gasteiger partial charge in [0.1, 0.15) is 0 Å². The Kier molecular flexibility index (Phi) is 3.54. The molecular formula is C11H14N4O3. The Hall–Kier alpha value is -1.99. The van der Waals surface area contributed by atoms with Gasteiger partial charge in [0.2, 0.25) is 5.91 Å². The maximum absolute atomic E-state index is 11.9. The molecule has 0 saturated carbocycles. The molecule has 1 aliphatic heterocycles. The average Bonchev–Trinajstić information content (AvgIpc) is 2.76. The number of carbonyl (C=O) groups excluding carboxylic acids is 1. The Balaban J connectivity index is 2.07. The van der Waals surface area contributed by atoms with Gasteiger partial charge in [0.25, 0.3) is 5.69 Å². The van der Waals surface area contributed by atoms with Crippen molar-refractivity contribution in [1.29, 1.82) is 0 Å². The Labute approximate surface area is 104 Å². The van der Waals surface area contributed by atoms with Gasteiger partial charge in [0, 0.05) is 30.4 Å². The predicted octanol–water partition coefficient (Wildman–Crippen LogP) is 0.646. The predicted molar refractivity (Wildman–Crippen MR) is 65.8 cm³/mol. The smallest absolute Gasteiger partial charge is 0.271 e. The highest BCUT2D eigenvalue weighted by atomic mass is 16.6. The van der Waals surface area contributed by atoms with Crippen LogP contribution in [0.1, 0.15) is 6.92 Å². The summed E-state index contributed by atoms with van der Waals surface area (Å²) >= 11 is 0. The fourth-order valence-corrected chi connectivity index (χ4v) is 1.86. The third kappa shape index (κ3) is 2.63. The van der Waals surface area contributed by atoms with Gasteiger partial charge in [-0.15, -0.1) is 0 Å². The van der Waals surface area contributed by atoms with E-state index in [1.54, 1.807) is 12.1 Å². The maximum Gasteiger partial charge on any atom is 0.271 e. The zero-order valence-corrected chi connectivity index (χ0v) is 9.84. The highest BCUT2D eigenvalue weighted by Crippen LogP contribution is 2.18. The molecule has 1 fully saturated rings. The summed E-state index contributed by atoms with van der Waals surface area (Å²) < 4.78 is 0. The van der Waals surface area contributed by atoms with E-state index in [1.165, 1.54) is 12.1 Å². The lowest BCUT2D eigenvalue weighted by molar-refractivity contribution is -0.384. The third-order valence-corrected chi connectivity index (χ3v) is 2.92. The van der Waals surface area contributed by atoms with Gasteiger partial charge in [-0.3, -0.25) is 25.8 Å². The number of hydrogen-bond donors (Lipinski definition) is 3. The number of anilines is 1. The molecule has 1 amide bonds. The number of non-ortho nitro benzene ring substituents is 1. The van der Waals surface area contributed by atoms with Crippen LogP contribution in [0.2, 0.25) is 0 Å². The number of nitro groups is 1. The molecule has 0 bridgehead atoms. The second kappa shape index (κ2) is 5.11. The third-order valence-electron chi connectivity index (χ3n) is 2.92. The van der Waals surface area contributed by atoms with E-state index in [4.69, 9.17) is 0 Å². The summed E-state index contributed by atoms with van der Waals surface area (Å²) in [5.74, 6) is -0.343. The van der Waals surface area contributed by atoms with Crippen molar-refractivity contribution in [1.82, 2.24) is 10.9 Å². The fourth-order valence-electron chi connectivity index (χ4n) is 1.86. The quantitative estimate of drug-likeness (QED) is 0.540. The molecule has 1 saturated heterocycles. The Morgan fingerprint density at radius 1 is 1.56 bits per heavy atom. The van der Waals surface area contributed by atoms with Crippen molar-refractivity contribution in [3.63, 3.8) is 0 Å². The average molecular weight is 250 g/mol. The second-order valence-electron chi connectivity index (χ2n) is 4.22. The second-order valence-corrected chi connectivity index (χ2v) is 4.22. The van der Waals surface area contributed by atoms with Crippen LogP contribution in [0.4, 0.5) is 11.4 Å². The lowest BCUT2D eigenvalue weighted by Gasteiger charge is -2.13. The van der Waals surface area contributed by atoms with Gasteiger partial charge in [-0.05, 0) is 13.0 Å². The summed E-state index contributed by atoms with van der Waals surface area (Å²) in [4.78, 5) is 22.1. The Morgan fingerprint density at radius 3 is 2.94 bits per heavy atom. The zero-order chi connectivity index (χ0) is 13.1. The zero-order valence-electron chi connectivity index (χ0n) is 9.84. The molecule has 0 aliphatic carbocycles. The molecule has 0 aromatic heterocycles. The van der Waals surface area contributed by atoms with Crippen molar-refractivity contribution in [2.75, 3.05) is 11.9 Å². The van der Waals surface area contributed by atoms with Crippen molar-refractivity contribution in [3.05, 3.63) is 34.4 Å². The first-order valence-electron chi connectivity index (χ1n) is 5.61. The van der Waals surface area contributed by atoms with Crippen LogP contribution in [-0.2, 0) is 4.79 Å². The number of hydrogen-bond acceptors (Lipinski definition) is 5. The Bertz CT molecular complexity index is 477. The minimum Gasteiger partial charge on any atom is -0.326 e. The van der Waals surface area contributed by atoms with Crippen LogP contribution in [0.5, 0.6) is 0 Å². The van der Waals surface area contributed by atoms with Crippen molar-refractivity contribution in [2.45, 2.75) is 13.0 Å². The molecule has 0 radical (unpaired) electrons. The van der Waals surface area contributed by atoms with Crippen molar-refractivity contribution in [2.24, 2.45) is 5.92 Å². The van der Waals surface area contributed by atoms with Gasteiger partial charge >= 0.3 is 0 Å². The first-order valence-corrected chi connectivity index (χ1v) is 5.61. The number of nitrogens with one attached hydrogen (secondary N) is 3. The van der Waals surface area contributed by atoms with Crippen LogP contribution in [0, 0.1) is 16.0 Å². The summed E-state index contributed by atoms with van der Waals surface area (Å²) in [6.07, 6.45) is 0. The van der Waals surface area contributed by atoms with Crippen LogP contribution < -0.4 is 16.2 Å². The SMILES string of the molecule is CC1NNCC1C(=O)Nc1cccc([N+](=O)[O-])c1. The van der Waals surface area contributed by atoms with Crippen molar-refractivity contribution < 1.29 is 9.72 Å². The lowest BCUT2D eigenvalue weighted by atomic mass is 10.0. The molecule has 18 heavy (non-hydrogen) atoms. The summed E-state index contributed by atoms with van der Waals surface area (Å²) in [6.45, 7) is 2.44. The number of rotatable bonds is 3. The molecule has 2 atom stereocenters. The van der Waals surface area contributed by atoms with Gasteiger partial charge in [-0.1, -0.05) is 6.07 Å². The number of benzene rings is 1. The first-order chi connectivity index (χ1) is 8.58. The molecule has 2 rings (SSSR count). The number of carbonyl (C=O) groups is 1. The molecule has 7 nitrogen and oxygen atoms in total. The molecule has 2 unspecified atom stereocenters. The van der Waals surface area contributed by atoms with E-state index in [2.05, 4.69) is 16.2 Å². The molecule has 96 valence electrons. The van der Waals surface area contributed by atoms with Gasteiger partial charge in [0.05, 0.1) is 10.8 Å². The summed E-state index contributed by atoms with van der Waals surface area (Å²) in [5.41, 5.74) is 6.25. The highest BCUT2D eigenvalue weighted by molar-refractivity contribution is 5.93. The van der Waals surface area contributed by atoms with Gasteiger partial charge < -0.3 is 5.32 Å². The van der Waals surface area contributed by atoms with Crippen molar-refractivity contribution >= 4 is 17.3 Å². The summed E-state index contributed by atoms with van der Waals surface area (Å²) in [7, 11) is 0. The van der Waals surface area contributed by atoms with Crippen LogP contribution in [0.25, 0.3) is 0 Å². The van der Waals surface area contributed by atoms with Crippen LogP contribution in [0.15, 0.2) is 24.3 Å². The molecular weight excluding hydrogens is 236 g/mol. The monoisotopic (exact) mass is 250 g/mol. The minimum atomic E-state index is -0.489. The fraction of sp³-hybridized carbons (Fsp3) is 0.364. The van der Waals surface area contributed by atoms with E-state index in [1.807, 2.05) is 6.92 Å². The van der Waals surface area contributed by atoms with E-state index in [-0.39, 0.29) is 23.6 Å². The van der Waals surface area contributed by atoms with E-state index in [0.717, 1.165) is 0 Å². The lowest BCUT2D eigenvalue weighted by Crippen LogP contribution is -2.33. The molecule has 1 heterocycles. The standard InChI is InChI=1S/C11H14N4O3/c1-7-10(6-12-14-7)11(16)13-8-3-2-4-9(5-8)15(17)18/h2-5,7,10,12,14H,6H2,1H3,(H,13,16). The molecule has 1 aliphatic rings. The first kappa shape index (κ1) is 12.5. The number of nitrogens with zero attached hydrogens (tertiary/aromatic N) is 1. The molecule has 1 aromatic carbocycles. The topological polar surface area (TPSA) is 96.3 Å². The number of hydrazine groups is 1. The normalized spacial score (nSPS) is 22.7. The van der Waals surface area contributed by atoms with Gasteiger partial charge in [-0.2, -0.15) is 0 Å². The molecule has 1 aromatic rings. The summed E-state index contributed by atoms with van der Waals surface area (Å²) in [6, 6.07) is 5.94. The maximum atomic E-state index is 11.9. The summed E-state index contributed by atoms with van der Waals surface area (Å²) in [5, 5.41) is 13.3. The highest BCUT2D eigenvalue weighted by Gasteiger charge is 2.29. The van der Waals surface area contributed by atoms with E-state index >= 15 is 0 Å². The minimum absolute atomic E-state index is 0.0312. The van der Waals surface area contributed by atoms with Crippen molar-refractivity contribution in [3.8, 4) is 0 Å². The number of nitro benzene ring substituents is 1.